The van der Waals surface area contributed by atoms with Crippen molar-refractivity contribution in [2.75, 3.05) is 6.61 Å². The molecule has 8 heteroatoms. The molecule has 5 rings (SSSR count). The first-order valence-corrected chi connectivity index (χ1v) is 13.6. The molecule has 1 saturated heterocycles. The molecule has 4 aromatic carbocycles. The molecule has 0 aromatic heterocycles. The van der Waals surface area contributed by atoms with Crippen LogP contribution in [0.1, 0.15) is 23.6 Å². The fourth-order valence-electron chi connectivity index (χ4n) is 4.23. The molecule has 2 amide bonds. The number of amides is 2. The number of carbonyl (C=O) groups is 2. The Kier molecular flexibility index (Phi) is 7.81. The Morgan fingerprint density at radius 3 is 2.50 bits per heavy atom. The SMILES string of the molecule is CCOc1cc(/C=C2/SC(=O)N(Cc3cccc4ccccc34)C2=O)cc(Br)c1OCc1ccccc1F. The van der Waals surface area contributed by atoms with E-state index in [4.69, 9.17) is 9.47 Å². The maximum absolute atomic E-state index is 14.1. The average Bonchev–Trinajstić information content (AvgIpc) is 3.16. The molecular weight excluding hydrogens is 569 g/mol. The molecule has 0 spiro atoms. The predicted molar refractivity (Wildman–Crippen MR) is 152 cm³/mol. The molecule has 192 valence electrons. The highest BCUT2D eigenvalue weighted by Crippen LogP contribution is 2.40. The van der Waals surface area contributed by atoms with Gasteiger partial charge in [-0.3, -0.25) is 14.5 Å². The normalized spacial score (nSPS) is 14.5. The Labute approximate surface area is 232 Å². The van der Waals surface area contributed by atoms with Gasteiger partial charge in [0, 0.05) is 5.56 Å². The van der Waals surface area contributed by atoms with Crippen LogP contribution in [0.4, 0.5) is 9.18 Å². The molecule has 0 unspecified atom stereocenters. The molecule has 1 aliphatic heterocycles. The van der Waals surface area contributed by atoms with Crippen LogP contribution in [0.5, 0.6) is 11.5 Å². The molecule has 38 heavy (non-hydrogen) atoms. The quantitative estimate of drug-likeness (QED) is 0.194. The van der Waals surface area contributed by atoms with Crippen LogP contribution in [0.15, 0.2) is 88.2 Å². The third kappa shape index (κ3) is 5.47. The molecule has 1 fully saturated rings. The Morgan fingerprint density at radius 2 is 1.68 bits per heavy atom. The van der Waals surface area contributed by atoms with Gasteiger partial charge in [-0.2, -0.15) is 0 Å². The molecule has 0 N–H and O–H groups in total. The van der Waals surface area contributed by atoms with Gasteiger partial charge >= 0.3 is 0 Å². The fourth-order valence-corrected chi connectivity index (χ4v) is 5.64. The Morgan fingerprint density at radius 1 is 0.947 bits per heavy atom. The highest BCUT2D eigenvalue weighted by atomic mass is 79.9. The second-order valence-corrected chi connectivity index (χ2v) is 10.4. The Bertz CT molecular complexity index is 1570. The van der Waals surface area contributed by atoms with E-state index in [1.165, 1.54) is 11.0 Å². The van der Waals surface area contributed by atoms with Crippen molar-refractivity contribution in [1.82, 2.24) is 4.90 Å². The summed E-state index contributed by atoms with van der Waals surface area (Å²) >= 11 is 4.43. The fraction of sp³-hybridized carbons (Fsp3) is 0.133. The third-order valence-electron chi connectivity index (χ3n) is 6.04. The highest BCUT2D eigenvalue weighted by molar-refractivity contribution is 9.10. The number of halogens is 2. The van der Waals surface area contributed by atoms with Gasteiger partial charge in [0.25, 0.3) is 11.1 Å². The van der Waals surface area contributed by atoms with Crippen LogP contribution in [-0.2, 0) is 17.9 Å². The predicted octanol–water partition coefficient (Wildman–Crippen LogP) is 7.96. The van der Waals surface area contributed by atoms with Gasteiger partial charge in [-0.25, -0.2) is 4.39 Å². The van der Waals surface area contributed by atoms with Gasteiger partial charge in [0.05, 0.1) is 22.5 Å². The number of imide groups is 1. The zero-order valence-corrected chi connectivity index (χ0v) is 22.9. The Hall–Kier alpha value is -3.62. The van der Waals surface area contributed by atoms with Crippen molar-refractivity contribution >= 4 is 55.7 Å². The van der Waals surface area contributed by atoms with Gasteiger partial charge in [0.1, 0.15) is 12.4 Å². The number of thioether (sulfide) groups is 1. The van der Waals surface area contributed by atoms with Crippen LogP contribution >= 0.6 is 27.7 Å². The lowest BCUT2D eigenvalue weighted by atomic mass is 10.0. The number of fused-ring (bicyclic) bond motifs is 1. The maximum Gasteiger partial charge on any atom is 0.293 e. The van der Waals surface area contributed by atoms with Crippen LogP contribution in [0.3, 0.4) is 0 Å². The van der Waals surface area contributed by atoms with Crippen molar-refractivity contribution < 1.29 is 23.5 Å². The van der Waals surface area contributed by atoms with Crippen molar-refractivity contribution in [1.29, 1.82) is 0 Å². The highest BCUT2D eigenvalue weighted by Gasteiger charge is 2.35. The summed E-state index contributed by atoms with van der Waals surface area (Å²) < 4.78 is 26.3. The number of benzene rings is 4. The van der Waals surface area contributed by atoms with E-state index in [0.717, 1.165) is 28.1 Å². The molecule has 1 aliphatic rings. The standard InChI is InChI=1S/C30H23BrFNO4S/c1-2-36-26-15-19(14-24(31)28(26)37-18-22-9-4-6-13-25(22)32)16-27-29(34)33(30(35)38-27)17-21-11-7-10-20-8-3-5-12-23(20)21/h3-16H,2,17-18H2,1H3/b27-16+. The number of ether oxygens (including phenoxy) is 2. The molecule has 5 nitrogen and oxygen atoms in total. The van der Waals surface area contributed by atoms with Gasteiger partial charge in [-0.05, 0) is 80.8 Å². The lowest BCUT2D eigenvalue weighted by Crippen LogP contribution is -2.27. The van der Waals surface area contributed by atoms with Gasteiger partial charge in [-0.15, -0.1) is 0 Å². The average molecular weight is 592 g/mol. The van der Waals surface area contributed by atoms with Crippen LogP contribution in [0, 0.1) is 5.82 Å². The van der Waals surface area contributed by atoms with E-state index in [0.29, 0.717) is 38.6 Å². The van der Waals surface area contributed by atoms with Crippen LogP contribution < -0.4 is 9.47 Å². The number of hydrogen-bond acceptors (Lipinski definition) is 5. The summed E-state index contributed by atoms with van der Waals surface area (Å²) in [6, 6.07) is 23.7. The number of nitrogens with zero attached hydrogens (tertiary/aromatic N) is 1. The largest absolute Gasteiger partial charge is 0.490 e. The number of rotatable bonds is 8. The molecule has 0 saturated carbocycles. The van der Waals surface area contributed by atoms with E-state index < -0.39 is 0 Å². The lowest BCUT2D eigenvalue weighted by molar-refractivity contribution is -0.123. The zero-order chi connectivity index (χ0) is 26.6. The van der Waals surface area contributed by atoms with Gasteiger partial charge in [0.2, 0.25) is 0 Å². The Balaban J connectivity index is 1.39. The van der Waals surface area contributed by atoms with Gasteiger partial charge in [0.15, 0.2) is 11.5 Å². The summed E-state index contributed by atoms with van der Waals surface area (Å²) in [5, 5.41) is 1.75. The van der Waals surface area contributed by atoms with E-state index in [9.17, 15) is 14.0 Å². The smallest absolute Gasteiger partial charge is 0.293 e. The first-order chi connectivity index (χ1) is 18.4. The minimum absolute atomic E-state index is 0.0255. The van der Waals surface area contributed by atoms with Crippen molar-refractivity contribution in [3.8, 4) is 11.5 Å². The van der Waals surface area contributed by atoms with E-state index in [1.807, 2.05) is 49.4 Å². The molecular formula is C30H23BrFNO4S. The van der Waals surface area contributed by atoms with Crippen LogP contribution in [0.25, 0.3) is 16.8 Å². The summed E-state index contributed by atoms with van der Waals surface area (Å²) in [5.74, 6) is 0.176. The van der Waals surface area contributed by atoms with Gasteiger partial charge < -0.3 is 9.47 Å². The first kappa shape index (κ1) is 26.0. The van der Waals surface area contributed by atoms with Crippen molar-refractivity contribution in [3.05, 3.63) is 111 Å². The molecule has 1 heterocycles. The third-order valence-corrected chi connectivity index (χ3v) is 7.54. The number of carbonyl (C=O) groups excluding carboxylic acids is 2. The van der Waals surface area contributed by atoms with Crippen molar-refractivity contribution in [2.24, 2.45) is 0 Å². The van der Waals surface area contributed by atoms with Crippen LogP contribution in [-0.4, -0.2) is 22.7 Å². The summed E-state index contributed by atoms with van der Waals surface area (Å²) in [5.41, 5.74) is 1.99. The second-order valence-electron chi connectivity index (χ2n) is 8.55. The topological polar surface area (TPSA) is 55.8 Å². The van der Waals surface area contributed by atoms with Gasteiger partial charge in [-0.1, -0.05) is 60.7 Å². The molecule has 0 radical (unpaired) electrons. The lowest BCUT2D eigenvalue weighted by Gasteiger charge is -2.15. The minimum Gasteiger partial charge on any atom is -0.490 e. The number of hydrogen-bond donors (Lipinski definition) is 0. The monoisotopic (exact) mass is 591 g/mol. The van der Waals surface area contributed by atoms with Crippen molar-refractivity contribution in [3.63, 3.8) is 0 Å². The first-order valence-electron chi connectivity index (χ1n) is 12.0. The molecule has 4 aromatic rings. The van der Waals surface area contributed by atoms with E-state index in [1.54, 1.807) is 36.4 Å². The van der Waals surface area contributed by atoms with E-state index >= 15 is 0 Å². The second kappa shape index (κ2) is 11.4. The van der Waals surface area contributed by atoms with Crippen molar-refractivity contribution in [2.45, 2.75) is 20.1 Å². The minimum atomic E-state index is -0.350. The molecule has 0 aliphatic carbocycles. The molecule has 0 bridgehead atoms. The summed E-state index contributed by atoms with van der Waals surface area (Å²) in [6.07, 6.45) is 1.67. The molecule has 0 atom stereocenters. The zero-order valence-electron chi connectivity index (χ0n) is 20.4. The van der Waals surface area contributed by atoms with Crippen LogP contribution in [0.2, 0.25) is 0 Å². The maximum atomic E-state index is 14.1. The van der Waals surface area contributed by atoms with E-state index in [2.05, 4.69) is 15.9 Å². The van der Waals surface area contributed by atoms with E-state index in [-0.39, 0.29) is 30.1 Å². The summed E-state index contributed by atoms with van der Waals surface area (Å²) in [4.78, 5) is 27.6. The summed E-state index contributed by atoms with van der Waals surface area (Å²) in [7, 11) is 0. The summed E-state index contributed by atoms with van der Waals surface area (Å²) in [6.45, 7) is 2.45.